The molecule has 0 aromatic carbocycles. The molecule has 11 nitrogen and oxygen atoms in total. The van der Waals surface area contributed by atoms with Crippen LogP contribution in [0.25, 0.3) is 11.5 Å². The van der Waals surface area contributed by atoms with Crippen LogP contribution in [0.3, 0.4) is 0 Å². The fraction of sp³-hybridized carbons (Fsp3) is 0.227. The van der Waals surface area contributed by atoms with Gasteiger partial charge in [-0.15, -0.1) is 0 Å². The van der Waals surface area contributed by atoms with Crippen LogP contribution in [0.4, 0.5) is 21.7 Å². The van der Waals surface area contributed by atoms with Gasteiger partial charge in [-0.3, -0.25) is 14.2 Å². The van der Waals surface area contributed by atoms with Crippen molar-refractivity contribution in [2.75, 3.05) is 17.7 Å². The third kappa shape index (κ3) is 3.73. The zero-order chi connectivity index (χ0) is 23.8. The zero-order valence-corrected chi connectivity index (χ0v) is 18.1. The minimum Gasteiger partial charge on any atom is -0.391 e. The summed E-state index contributed by atoms with van der Waals surface area (Å²) >= 11 is 0. The number of carbonyl (C=O) groups is 1. The lowest BCUT2D eigenvalue weighted by molar-refractivity contribution is 0.0448. The molecule has 1 saturated carbocycles. The summed E-state index contributed by atoms with van der Waals surface area (Å²) in [5.41, 5.74) is 0.0840. The van der Waals surface area contributed by atoms with Crippen molar-refractivity contribution < 1.29 is 14.3 Å². The summed E-state index contributed by atoms with van der Waals surface area (Å²) < 4.78 is 16.7. The molecule has 2 atom stereocenters. The summed E-state index contributed by atoms with van der Waals surface area (Å²) in [5.74, 6) is -0.375. The number of anilines is 3. The maximum Gasteiger partial charge on any atom is 0.280 e. The quantitative estimate of drug-likeness (QED) is 0.336. The molecule has 1 amide bonds. The number of nitrogens with zero attached hydrogens (tertiary/aromatic N) is 5. The van der Waals surface area contributed by atoms with E-state index in [-0.39, 0.29) is 34.6 Å². The molecule has 0 radical (unpaired) electrons. The van der Waals surface area contributed by atoms with E-state index in [4.69, 9.17) is 0 Å². The van der Waals surface area contributed by atoms with Crippen LogP contribution in [-0.2, 0) is 0 Å². The van der Waals surface area contributed by atoms with Gasteiger partial charge in [-0.05, 0) is 37.1 Å². The number of aromatic nitrogens is 5. The Labute approximate surface area is 192 Å². The Kier molecular flexibility index (Phi) is 5.42. The van der Waals surface area contributed by atoms with Crippen molar-refractivity contribution in [2.24, 2.45) is 0 Å². The van der Waals surface area contributed by atoms with Crippen molar-refractivity contribution in [1.82, 2.24) is 29.5 Å². The van der Waals surface area contributed by atoms with Crippen LogP contribution in [0, 0.1) is 5.82 Å². The molecule has 4 N–H and O–H groups in total. The number of pyridine rings is 2. The van der Waals surface area contributed by atoms with Crippen molar-refractivity contribution in [3.05, 3.63) is 70.7 Å². The molecule has 0 spiro atoms. The predicted octanol–water partition coefficient (Wildman–Crippen LogP) is 1.45. The molecule has 0 aliphatic heterocycles. The van der Waals surface area contributed by atoms with Crippen LogP contribution in [0.15, 0.2) is 53.7 Å². The van der Waals surface area contributed by atoms with E-state index in [0.717, 1.165) is 4.57 Å². The van der Waals surface area contributed by atoms with E-state index in [1.165, 1.54) is 41.3 Å². The van der Waals surface area contributed by atoms with Crippen molar-refractivity contribution in [3.8, 4) is 5.82 Å². The number of nitrogens with one attached hydrogen (secondary N) is 3. The molecule has 34 heavy (non-hydrogen) atoms. The molecule has 4 heterocycles. The molecular weight excluding hydrogens is 443 g/mol. The molecule has 4 aromatic rings. The first-order valence-electron chi connectivity index (χ1n) is 10.6. The lowest BCUT2D eigenvalue weighted by atomic mass is 9.89. The van der Waals surface area contributed by atoms with Gasteiger partial charge in [-0.2, -0.15) is 9.61 Å². The van der Waals surface area contributed by atoms with Gasteiger partial charge in [0.2, 0.25) is 0 Å². The van der Waals surface area contributed by atoms with Gasteiger partial charge in [0.05, 0.1) is 18.3 Å². The van der Waals surface area contributed by atoms with E-state index >= 15 is 0 Å². The Balaban J connectivity index is 1.51. The van der Waals surface area contributed by atoms with Gasteiger partial charge in [0.1, 0.15) is 22.9 Å². The number of aliphatic hydroxyl groups excluding tert-OH is 1. The molecule has 1 aliphatic rings. The summed E-state index contributed by atoms with van der Waals surface area (Å²) in [5, 5.41) is 22.7. The van der Waals surface area contributed by atoms with Gasteiger partial charge in [0.15, 0.2) is 17.3 Å². The van der Waals surface area contributed by atoms with E-state index < -0.39 is 23.4 Å². The van der Waals surface area contributed by atoms with Crippen LogP contribution < -0.4 is 21.5 Å². The number of amides is 1. The number of hydrogen-bond donors (Lipinski definition) is 4. The highest BCUT2D eigenvalue weighted by Crippen LogP contribution is 2.23. The smallest absolute Gasteiger partial charge is 0.280 e. The molecule has 5 rings (SSSR count). The normalized spacial score (nSPS) is 17.3. The first-order valence-corrected chi connectivity index (χ1v) is 10.6. The summed E-state index contributed by atoms with van der Waals surface area (Å²) in [4.78, 5) is 34.2. The van der Waals surface area contributed by atoms with Gasteiger partial charge in [-0.25, -0.2) is 14.4 Å². The van der Waals surface area contributed by atoms with Gasteiger partial charge in [0, 0.05) is 25.5 Å². The predicted molar refractivity (Wildman–Crippen MR) is 122 cm³/mol. The summed E-state index contributed by atoms with van der Waals surface area (Å²) in [6.07, 6.45) is 5.00. The van der Waals surface area contributed by atoms with Gasteiger partial charge in [-0.1, -0.05) is 0 Å². The highest BCUT2D eigenvalue weighted by Gasteiger charge is 2.31. The fourth-order valence-electron chi connectivity index (χ4n) is 3.71. The minimum atomic E-state index is -0.634. The van der Waals surface area contributed by atoms with Crippen molar-refractivity contribution in [1.29, 1.82) is 0 Å². The molecule has 1 aliphatic carbocycles. The minimum absolute atomic E-state index is 0.122. The number of carbonyl (C=O) groups excluding carboxylic acids is 1. The van der Waals surface area contributed by atoms with Crippen LogP contribution in [0.2, 0.25) is 0 Å². The van der Waals surface area contributed by atoms with E-state index in [0.29, 0.717) is 18.7 Å². The maximum absolute atomic E-state index is 14.2. The maximum atomic E-state index is 14.2. The number of fused-ring (bicyclic) bond motifs is 1. The van der Waals surface area contributed by atoms with E-state index in [1.807, 2.05) is 0 Å². The lowest BCUT2D eigenvalue weighted by Gasteiger charge is -2.32. The Morgan fingerprint density at radius 2 is 2.12 bits per heavy atom. The second kappa shape index (κ2) is 8.56. The van der Waals surface area contributed by atoms with Crippen LogP contribution in [0.5, 0.6) is 0 Å². The van der Waals surface area contributed by atoms with Gasteiger partial charge in [0.25, 0.3) is 11.5 Å². The highest BCUT2D eigenvalue weighted by molar-refractivity contribution is 6.00. The van der Waals surface area contributed by atoms with Gasteiger partial charge < -0.3 is 21.1 Å². The molecular formula is C22H21FN8O3. The Hall–Kier alpha value is -4.32. The topological polar surface area (TPSA) is 138 Å². The van der Waals surface area contributed by atoms with E-state index in [2.05, 4.69) is 31.0 Å². The van der Waals surface area contributed by atoms with Crippen LogP contribution >= 0.6 is 0 Å². The monoisotopic (exact) mass is 464 g/mol. The first kappa shape index (κ1) is 21.5. The average Bonchev–Trinajstić information content (AvgIpc) is 3.27. The van der Waals surface area contributed by atoms with Crippen molar-refractivity contribution in [3.63, 3.8) is 0 Å². The number of rotatable bonds is 6. The summed E-state index contributed by atoms with van der Waals surface area (Å²) in [6.45, 7) is 0. The summed E-state index contributed by atoms with van der Waals surface area (Å²) in [7, 11) is 1.68. The zero-order valence-electron chi connectivity index (χ0n) is 18.1. The second-order valence-corrected chi connectivity index (χ2v) is 7.83. The van der Waals surface area contributed by atoms with E-state index in [1.54, 1.807) is 19.2 Å². The second-order valence-electron chi connectivity index (χ2n) is 7.83. The lowest BCUT2D eigenvalue weighted by Crippen LogP contribution is -2.50. The molecule has 174 valence electrons. The summed E-state index contributed by atoms with van der Waals surface area (Å²) in [6, 6.07) is 7.09. The SMILES string of the molecule is CNc1cc(Nc2cccn(-c3ncccc3F)c2=O)nc2c(C(=O)N[C@@H]3CC[C@H]3O)cnn12. The molecule has 12 heteroatoms. The number of aliphatic hydroxyl groups is 1. The van der Waals surface area contributed by atoms with Crippen LogP contribution in [-0.4, -0.2) is 54.4 Å². The Morgan fingerprint density at radius 1 is 1.26 bits per heavy atom. The highest BCUT2D eigenvalue weighted by atomic mass is 19.1. The molecule has 0 bridgehead atoms. The van der Waals surface area contributed by atoms with Crippen LogP contribution in [0.1, 0.15) is 23.2 Å². The van der Waals surface area contributed by atoms with Gasteiger partial charge >= 0.3 is 0 Å². The van der Waals surface area contributed by atoms with E-state index in [9.17, 15) is 19.1 Å². The Morgan fingerprint density at radius 3 is 2.82 bits per heavy atom. The first-order chi connectivity index (χ1) is 16.5. The number of halogens is 1. The third-order valence-corrected chi connectivity index (χ3v) is 5.70. The molecule has 4 aromatic heterocycles. The number of hydrogen-bond acceptors (Lipinski definition) is 8. The third-order valence-electron chi connectivity index (χ3n) is 5.70. The average molecular weight is 464 g/mol. The fourth-order valence-corrected chi connectivity index (χ4v) is 3.71. The molecule has 0 saturated heterocycles. The van der Waals surface area contributed by atoms with Crippen molar-refractivity contribution in [2.45, 2.75) is 25.0 Å². The largest absolute Gasteiger partial charge is 0.391 e. The van der Waals surface area contributed by atoms with Crippen molar-refractivity contribution >= 4 is 28.9 Å². The molecule has 0 unspecified atom stereocenters. The standard InChI is InChI=1S/C22H21FN8O3/c1-24-18-10-17(27-15-5-3-9-30(22(15)34)20-13(23)4-2-8-25-20)29-19-12(11-26-31(18)19)21(33)28-14-6-7-16(14)32/h2-5,8-11,14,16,24,32H,6-7H2,1H3,(H,27,29)(H,28,33)/t14-,16-/m1/s1. The Bertz CT molecular complexity index is 1450. The molecule has 1 fully saturated rings.